The number of ether oxygens (including phenoxy) is 2. The Balaban J connectivity index is 1.88. The largest absolute Gasteiger partial charge is 0.492 e. The Morgan fingerprint density at radius 2 is 1.96 bits per heavy atom. The van der Waals surface area contributed by atoms with Gasteiger partial charge in [0.1, 0.15) is 18.1 Å². The monoisotopic (exact) mass is 381 g/mol. The Morgan fingerprint density at radius 3 is 2.64 bits per heavy atom. The number of terminal acetylenes is 1. The third kappa shape index (κ3) is 7.70. The molecule has 0 radical (unpaired) electrons. The van der Waals surface area contributed by atoms with Crippen LogP contribution in [0.25, 0.3) is 6.08 Å². The molecule has 0 bridgehead atoms. The van der Waals surface area contributed by atoms with Crippen molar-refractivity contribution in [3.63, 3.8) is 0 Å². The Bertz CT molecular complexity index is 794. The summed E-state index contributed by atoms with van der Waals surface area (Å²) in [5.41, 5.74) is 12.3. The van der Waals surface area contributed by atoms with Crippen LogP contribution in [0.5, 0.6) is 5.75 Å². The molecule has 0 saturated heterocycles. The summed E-state index contributed by atoms with van der Waals surface area (Å²) >= 11 is 0. The summed E-state index contributed by atoms with van der Waals surface area (Å²) < 4.78 is 11.1. The van der Waals surface area contributed by atoms with Gasteiger partial charge in [-0.2, -0.15) is 0 Å². The molecule has 6 nitrogen and oxygen atoms in total. The molecule has 0 fully saturated rings. The lowest BCUT2D eigenvalue weighted by atomic mass is 10.1. The van der Waals surface area contributed by atoms with E-state index in [4.69, 9.17) is 27.4 Å². The fourth-order valence-corrected chi connectivity index (χ4v) is 2.43. The van der Waals surface area contributed by atoms with Gasteiger partial charge in [0.15, 0.2) is 0 Å². The van der Waals surface area contributed by atoms with Crippen LogP contribution >= 0.6 is 0 Å². The van der Waals surface area contributed by atoms with Gasteiger partial charge in [0.25, 0.3) is 0 Å². The minimum Gasteiger partial charge on any atom is -0.492 e. The first-order valence-corrected chi connectivity index (χ1v) is 9.14. The summed E-state index contributed by atoms with van der Waals surface area (Å²) in [5, 5.41) is 2.86. The number of carbonyl (C=O) groups is 1. The average molecular weight is 381 g/mol. The number of nitrogens with two attached hydrogens (primary N) is 2. The summed E-state index contributed by atoms with van der Waals surface area (Å²) in [5.74, 6) is 3.50. The first-order chi connectivity index (χ1) is 13.4. The van der Waals surface area contributed by atoms with Crippen LogP contribution in [-0.2, 0) is 9.53 Å². The fourth-order valence-electron chi connectivity index (χ4n) is 2.43. The van der Waals surface area contributed by atoms with Gasteiger partial charge in [-0.15, -0.1) is 6.42 Å². The number of amides is 1. The van der Waals surface area contributed by atoms with Crippen molar-refractivity contribution >= 4 is 12.0 Å². The van der Waals surface area contributed by atoms with Crippen LogP contribution in [-0.4, -0.2) is 24.8 Å². The molecule has 0 unspecified atom stereocenters. The maximum atomic E-state index is 12.3. The number of benzene rings is 1. The minimum absolute atomic E-state index is 0.223. The topological polar surface area (TPSA) is 99.6 Å². The number of rotatable bonds is 9. The van der Waals surface area contributed by atoms with E-state index in [9.17, 15) is 4.79 Å². The van der Waals surface area contributed by atoms with Gasteiger partial charge in [0, 0.05) is 12.5 Å². The molecule has 1 aliphatic rings. The highest BCUT2D eigenvalue weighted by molar-refractivity contribution is 5.93. The van der Waals surface area contributed by atoms with E-state index >= 15 is 0 Å². The molecule has 1 aromatic carbocycles. The van der Waals surface area contributed by atoms with E-state index in [1.54, 1.807) is 25.1 Å². The van der Waals surface area contributed by atoms with E-state index in [0.717, 1.165) is 18.4 Å². The molecule has 0 spiro atoms. The third-order valence-electron chi connectivity index (χ3n) is 3.90. The van der Waals surface area contributed by atoms with Crippen LogP contribution in [0.4, 0.5) is 0 Å². The molecular weight excluding hydrogens is 354 g/mol. The van der Waals surface area contributed by atoms with Crippen molar-refractivity contribution in [2.75, 3.05) is 13.2 Å². The van der Waals surface area contributed by atoms with Crippen LogP contribution in [0.15, 0.2) is 53.9 Å². The van der Waals surface area contributed by atoms with Gasteiger partial charge in [-0.25, -0.2) is 0 Å². The standard InChI is InChI=1S/C22H27N3O3/c1-3-15-27-18-11-8-17(9-12-18)10-13-21(26)25-19-6-4-5-7-20(19)28-16-14-22(2,23)24/h1,6-13H,4-5,14-16,23-24H2,2H3,(H,25,26)/b13-10+. The maximum absolute atomic E-state index is 12.3. The lowest BCUT2D eigenvalue weighted by Gasteiger charge is -2.21. The molecule has 1 amide bonds. The number of allylic oxidation sites excluding steroid dienone is 2. The van der Waals surface area contributed by atoms with Gasteiger partial charge < -0.3 is 26.3 Å². The zero-order chi connectivity index (χ0) is 20.4. The van der Waals surface area contributed by atoms with Crippen molar-refractivity contribution < 1.29 is 14.3 Å². The van der Waals surface area contributed by atoms with Crippen LogP contribution in [0.2, 0.25) is 0 Å². The molecule has 0 heterocycles. The van der Waals surface area contributed by atoms with E-state index in [0.29, 0.717) is 30.2 Å². The smallest absolute Gasteiger partial charge is 0.248 e. The van der Waals surface area contributed by atoms with Crippen molar-refractivity contribution in [3.8, 4) is 18.1 Å². The molecule has 0 aliphatic heterocycles. The second-order valence-electron chi connectivity index (χ2n) is 6.75. The van der Waals surface area contributed by atoms with E-state index < -0.39 is 5.66 Å². The quantitative estimate of drug-likeness (QED) is 0.347. The Morgan fingerprint density at radius 1 is 1.25 bits per heavy atom. The molecule has 2 rings (SSSR count). The summed E-state index contributed by atoms with van der Waals surface area (Å²) in [6.45, 7) is 2.34. The van der Waals surface area contributed by atoms with Gasteiger partial charge in [-0.1, -0.05) is 24.1 Å². The Hall–Kier alpha value is -3.01. The lowest BCUT2D eigenvalue weighted by Crippen LogP contribution is -2.46. The first kappa shape index (κ1) is 21.3. The maximum Gasteiger partial charge on any atom is 0.248 e. The Labute approximate surface area is 166 Å². The van der Waals surface area contributed by atoms with Crippen LogP contribution < -0.4 is 21.5 Å². The van der Waals surface area contributed by atoms with Crippen molar-refractivity contribution in [2.24, 2.45) is 11.5 Å². The van der Waals surface area contributed by atoms with Crippen LogP contribution in [0, 0.1) is 12.3 Å². The molecule has 28 heavy (non-hydrogen) atoms. The normalized spacial score (nSPS) is 14.1. The van der Waals surface area contributed by atoms with Gasteiger partial charge in [-0.3, -0.25) is 4.79 Å². The summed E-state index contributed by atoms with van der Waals surface area (Å²) in [6.07, 6.45) is 14.5. The van der Waals surface area contributed by atoms with Crippen molar-refractivity contribution in [1.82, 2.24) is 5.32 Å². The predicted molar refractivity (Wildman–Crippen MR) is 111 cm³/mol. The van der Waals surface area contributed by atoms with E-state index in [2.05, 4.69) is 11.2 Å². The van der Waals surface area contributed by atoms with Gasteiger partial charge in [-0.05, 0) is 49.6 Å². The first-order valence-electron chi connectivity index (χ1n) is 9.14. The molecule has 0 aromatic heterocycles. The summed E-state index contributed by atoms with van der Waals surface area (Å²) in [4.78, 5) is 12.3. The molecule has 148 valence electrons. The van der Waals surface area contributed by atoms with Crippen molar-refractivity contribution in [2.45, 2.75) is 31.8 Å². The fraction of sp³-hybridized carbons (Fsp3) is 0.318. The van der Waals surface area contributed by atoms with Gasteiger partial charge >= 0.3 is 0 Å². The van der Waals surface area contributed by atoms with Crippen LogP contribution in [0.3, 0.4) is 0 Å². The SMILES string of the molecule is C#CCOc1ccc(/C=C/C(=O)NC2=CCCC=C2OCCC(C)(N)N)cc1. The average Bonchev–Trinajstić information content (AvgIpc) is 2.66. The molecule has 1 aliphatic carbocycles. The molecule has 0 saturated carbocycles. The number of hydrogen-bond acceptors (Lipinski definition) is 5. The van der Waals surface area contributed by atoms with E-state index in [1.807, 2.05) is 24.3 Å². The summed E-state index contributed by atoms with van der Waals surface area (Å²) in [7, 11) is 0. The number of nitrogens with one attached hydrogen (secondary N) is 1. The zero-order valence-corrected chi connectivity index (χ0v) is 16.1. The highest BCUT2D eigenvalue weighted by atomic mass is 16.5. The van der Waals surface area contributed by atoms with E-state index in [1.165, 1.54) is 6.08 Å². The van der Waals surface area contributed by atoms with Crippen molar-refractivity contribution in [1.29, 1.82) is 0 Å². The number of carbonyl (C=O) groups excluding carboxylic acids is 1. The summed E-state index contributed by atoms with van der Waals surface area (Å²) in [6, 6.07) is 7.30. The second kappa shape index (κ2) is 10.4. The molecule has 5 N–H and O–H groups in total. The zero-order valence-electron chi connectivity index (χ0n) is 16.1. The molecule has 6 heteroatoms. The molecule has 1 aromatic rings. The third-order valence-corrected chi connectivity index (χ3v) is 3.90. The molecular formula is C22H27N3O3. The highest BCUT2D eigenvalue weighted by Gasteiger charge is 2.15. The van der Waals surface area contributed by atoms with Crippen LogP contribution in [0.1, 0.15) is 31.7 Å². The van der Waals surface area contributed by atoms with Crippen molar-refractivity contribution in [3.05, 3.63) is 59.5 Å². The highest BCUT2D eigenvalue weighted by Crippen LogP contribution is 2.19. The minimum atomic E-state index is -0.785. The number of hydrogen-bond donors (Lipinski definition) is 3. The molecule has 0 atom stereocenters. The predicted octanol–water partition coefficient (Wildman–Crippen LogP) is 2.43. The van der Waals surface area contributed by atoms with Gasteiger partial charge in [0.05, 0.1) is 18.0 Å². The van der Waals surface area contributed by atoms with Gasteiger partial charge in [0.2, 0.25) is 5.91 Å². The lowest BCUT2D eigenvalue weighted by molar-refractivity contribution is -0.115. The second-order valence-corrected chi connectivity index (χ2v) is 6.75. The Kier molecular flexibility index (Phi) is 7.88. The van der Waals surface area contributed by atoms with E-state index in [-0.39, 0.29) is 12.5 Å².